The first-order valence-corrected chi connectivity index (χ1v) is 9.01. The largest absolute Gasteiger partial charge is 0.332 e. The average molecular weight is 353 g/mol. The van der Waals surface area contributed by atoms with Crippen LogP contribution in [0, 0.1) is 6.92 Å². The second-order valence-corrected chi connectivity index (χ2v) is 6.86. The quantitative estimate of drug-likeness (QED) is 0.823. The fraction of sp³-hybridized carbons (Fsp3) is 0.300. The fourth-order valence-electron chi connectivity index (χ4n) is 2.93. The summed E-state index contributed by atoms with van der Waals surface area (Å²) in [5.41, 5.74) is 3.88. The molecular formula is C20H23N3OS. The molecule has 2 aromatic carbocycles. The third-order valence-electron chi connectivity index (χ3n) is 4.36. The zero-order valence-electron chi connectivity index (χ0n) is 14.4. The first-order valence-electron chi connectivity index (χ1n) is 8.60. The van der Waals surface area contributed by atoms with Gasteiger partial charge in [0.05, 0.1) is 0 Å². The third-order valence-corrected chi connectivity index (χ3v) is 4.56. The zero-order chi connectivity index (χ0) is 17.6. The number of anilines is 1. The van der Waals surface area contributed by atoms with E-state index in [1.165, 1.54) is 31.5 Å². The molecule has 130 valence electrons. The predicted octanol–water partition coefficient (Wildman–Crippen LogP) is 3.72. The fourth-order valence-corrected chi connectivity index (χ4v) is 3.15. The van der Waals surface area contributed by atoms with E-state index < -0.39 is 0 Å². The van der Waals surface area contributed by atoms with Crippen molar-refractivity contribution in [1.29, 1.82) is 0 Å². The van der Waals surface area contributed by atoms with Gasteiger partial charge in [0, 0.05) is 17.8 Å². The predicted molar refractivity (Wildman–Crippen MR) is 106 cm³/mol. The van der Waals surface area contributed by atoms with Crippen molar-refractivity contribution in [3.8, 4) is 0 Å². The van der Waals surface area contributed by atoms with Gasteiger partial charge in [0.2, 0.25) is 0 Å². The first kappa shape index (κ1) is 17.6. The highest BCUT2D eigenvalue weighted by molar-refractivity contribution is 7.80. The Kier molecular flexibility index (Phi) is 5.79. The van der Waals surface area contributed by atoms with Crippen LogP contribution in [0.2, 0.25) is 0 Å². The molecule has 4 nitrogen and oxygen atoms in total. The topological polar surface area (TPSA) is 44.4 Å². The molecule has 1 saturated heterocycles. The highest BCUT2D eigenvalue weighted by Crippen LogP contribution is 2.15. The average Bonchev–Trinajstić information content (AvgIpc) is 3.10. The number of amides is 1. The van der Waals surface area contributed by atoms with E-state index in [1.807, 2.05) is 31.2 Å². The number of carbonyl (C=O) groups excluding carboxylic acids is 1. The summed E-state index contributed by atoms with van der Waals surface area (Å²) in [7, 11) is 0. The lowest BCUT2D eigenvalue weighted by atomic mass is 10.1. The van der Waals surface area contributed by atoms with E-state index in [0.29, 0.717) is 10.7 Å². The van der Waals surface area contributed by atoms with Crippen LogP contribution >= 0.6 is 12.2 Å². The number of thiocarbonyl (C=S) groups is 1. The summed E-state index contributed by atoms with van der Waals surface area (Å²) in [6, 6.07) is 15.6. The highest BCUT2D eigenvalue weighted by Gasteiger charge is 2.12. The Morgan fingerprint density at radius 3 is 2.32 bits per heavy atom. The van der Waals surface area contributed by atoms with Crippen LogP contribution in [0.1, 0.15) is 34.3 Å². The summed E-state index contributed by atoms with van der Waals surface area (Å²) < 4.78 is 0. The maximum Gasteiger partial charge on any atom is 0.257 e. The van der Waals surface area contributed by atoms with Crippen molar-refractivity contribution >= 4 is 28.9 Å². The smallest absolute Gasteiger partial charge is 0.257 e. The molecule has 2 aromatic rings. The Hall–Kier alpha value is -2.24. The van der Waals surface area contributed by atoms with Gasteiger partial charge >= 0.3 is 0 Å². The zero-order valence-corrected chi connectivity index (χ0v) is 15.2. The van der Waals surface area contributed by atoms with Crippen LogP contribution < -0.4 is 10.6 Å². The second-order valence-electron chi connectivity index (χ2n) is 6.45. The molecule has 25 heavy (non-hydrogen) atoms. The monoisotopic (exact) mass is 353 g/mol. The molecule has 0 aromatic heterocycles. The van der Waals surface area contributed by atoms with Crippen LogP contribution in [-0.4, -0.2) is 29.0 Å². The van der Waals surface area contributed by atoms with E-state index in [4.69, 9.17) is 12.2 Å². The Bertz CT molecular complexity index is 735. The molecule has 0 unspecified atom stereocenters. The van der Waals surface area contributed by atoms with Crippen molar-refractivity contribution in [3.63, 3.8) is 0 Å². The van der Waals surface area contributed by atoms with Crippen molar-refractivity contribution in [2.75, 3.05) is 18.4 Å². The van der Waals surface area contributed by atoms with Crippen LogP contribution in [0.3, 0.4) is 0 Å². The van der Waals surface area contributed by atoms with Gasteiger partial charge in [-0.05, 0) is 74.9 Å². The standard InChI is InChI=1S/C20H23N3OS/c1-15-4-8-17(9-5-15)19(24)22-20(25)21-18-10-6-16(7-11-18)14-23-12-2-3-13-23/h4-11H,2-3,12-14H2,1H3,(H2,21,22,24,25). The molecule has 1 amide bonds. The SMILES string of the molecule is Cc1ccc(C(=O)NC(=S)Nc2ccc(CN3CCCC3)cc2)cc1. The summed E-state index contributed by atoms with van der Waals surface area (Å²) in [6.07, 6.45) is 2.60. The maximum atomic E-state index is 12.2. The molecule has 0 saturated carbocycles. The molecule has 1 aliphatic rings. The van der Waals surface area contributed by atoms with Gasteiger partial charge in [-0.3, -0.25) is 15.0 Å². The summed E-state index contributed by atoms with van der Waals surface area (Å²) in [6.45, 7) is 5.36. The van der Waals surface area contributed by atoms with Crippen molar-refractivity contribution in [2.24, 2.45) is 0 Å². The highest BCUT2D eigenvalue weighted by atomic mass is 32.1. The molecule has 2 N–H and O–H groups in total. The summed E-state index contributed by atoms with van der Waals surface area (Å²) in [5, 5.41) is 6.07. The van der Waals surface area contributed by atoms with Gasteiger partial charge in [-0.15, -0.1) is 0 Å². The van der Waals surface area contributed by atoms with Gasteiger partial charge in [-0.1, -0.05) is 29.8 Å². The van der Waals surface area contributed by atoms with E-state index in [2.05, 4.69) is 27.7 Å². The number of carbonyl (C=O) groups is 1. The number of hydrogen-bond donors (Lipinski definition) is 2. The summed E-state index contributed by atoms with van der Waals surface area (Å²) in [5.74, 6) is -0.205. The van der Waals surface area contributed by atoms with Crippen LogP contribution in [0.4, 0.5) is 5.69 Å². The number of aryl methyl sites for hydroxylation is 1. The third kappa shape index (κ3) is 5.11. The Morgan fingerprint density at radius 1 is 1.04 bits per heavy atom. The lowest BCUT2D eigenvalue weighted by molar-refractivity contribution is 0.0977. The Balaban J connectivity index is 1.51. The minimum atomic E-state index is -0.205. The van der Waals surface area contributed by atoms with Crippen LogP contribution in [0.15, 0.2) is 48.5 Å². The summed E-state index contributed by atoms with van der Waals surface area (Å²) in [4.78, 5) is 14.6. The van der Waals surface area contributed by atoms with E-state index in [-0.39, 0.29) is 5.91 Å². The molecule has 5 heteroatoms. The van der Waals surface area contributed by atoms with Crippen LogP contribution in [0.5, 0.6) is 0 Å². The molecule has 1 fully saturated rings. The van der Waals surface area contributed by atoms with Gasteiger partial charge in [0.15, 0.2) is 5.11 Å². The number of benzene rings is 2. The normalized spacial score (nSPS) is 14.3. The van der Waals surface area contributed by atoms with Crippen molar-refractivity contribution in [2.45, 2.75) is 26.3 Å². The van der Waals surface area contributed by atoms with E-state index in [0.717, 1.165) is 17.8 Å². The molecular weight excluding hydrogens is 330 g/mol. The molecule has 0 bridgehead atoms. The van der Waals surface area contributed by atoms with Crippen LogP contribution in [-0.2, 0) is 6.54 Å². The van der Waals surface area contributed by atoms with Crippen molar-refractivity contribution in [1.82, 2.24) is 10.2 Å². The first-order chi connectivity index (χ1) is 12.1. The molecule has 0 radical (unpaired) electrons. The molecule has 0 aliphatic carbocycles. The van der Waals surface area contributed by atoms with Gasteiger partial charge in [0.25, 0.3) is 5.91 Å². The number of rotatable bonds is 4. The molecule has 1 heterocycles. The number of nitrogens with one attached hydrogen (secondary N) is 2. The minimum Gasteiger partial charge on any atom is -0.332 e. The number of nitrogens with zero attached hydrogens (tertiary/aromatic N) is 1. The van der Waals surface area contributed by atoms with Gasteiger partial charge in [0.1, 0.15) is 0 Å². The van der Waals surface area contributed by atoms with E-state index in [1.54, 1.807) is 12.1 Å². The van der Waals surface area contributed by atoms with E-state index in [9.17, 15) is 4.79 Å². The molecule has 0 atom stereocenters. The lowest BCUT2D eigenvalue weighted by Gasteiger charge is -2.15. The second kappa shape index (κ2) is 8.23. The van der Waals surface area contributed by atoms with Crippen molar-refractivity contribution < 1.29 is 4.79 Å². The Labute approximate surface area is 154 Å². The number of likely N-dealkylation sites (tertiary alicyclic amines) is 1. The minimum absolute atomic E-state index is 0.205. The molecule has 0 spiro atoms. The number of hydrogen-bond acceptors (Lipinski definition) is 3. The van der Waals surface area contributed by atoms with E-state index >= 15 is 0 Å². The molecule has 1 aliphatic heterocycles. The van der Waals surface area contributed by atoms with Gasteiger partial charge in [-0.25, -0.2) is 0 Å². The van der Waals surface area contributed by atoms with Crippen LogP contribution in [0.25, 0.3) is 0 Å². The lowest BCUT2D eigenvalue weighted by Crippen LogP contribution is -2.34. The maximum absolute atomic E-state index is 12.2. The Morgan fingerprint density at radius 2 is 1.68 bits per heavy atom. The molecule has 3 rings (SSSR count). The van der Waals surface area contributed by atoms with Gasteiger partial charge in [-0.2, -0.15) is 0 Å². The summed E-state index contributed by atoms with van der Waals surface area (Å²) >= 11 is 5.24. The van der Waals surface area contributed by atoms with Crippen molar-refractivity contribution in [3.05, 3.63) is 65.2 Å². The van der Waals surface area contributed by atoms with Gasteiger partial charge < -0.3 is 5.32 Å².